The molecule has 0 saturated heterocycles. The van der Waals surface area contributed by atoms with Gasteiger partial charge in [0.2, 0.25) is 0 Å². The van der Waals surface area contributed by atoms with Crippen molar-refractivity contribution in [2.75, 3.05) is 5.75 Å². The molecular weight excluding hydrogens is 325 g/mol. The van der Waals surface area contributed by atoms with Crippen LogP contribution in [0.2, 0.25) is 0 Å². The highest BCUT2D eigenvalue weighted by Gasteiger charge is 2.30. The molecule has 1 rings (SSSR count). The van der Waals surface area contributed by atoms with Crippen LogP contribution in [0.3, 0.4) is 0 Å². The van der Waals surface area contributed by atoms with E-state index in [1.54, 1.807) is 0 Å². The van der Waals surface area contributed by atoms with Gasteiger partial charge in [-0.3, -0.25) is 0 Å². The SMILES string of the molecule is CCCCCCCCCCS(=O)(=O)c1ccc(C(F)(F)F)cc1. The van der Waals surface area contributed by atoms with Gasteiger partial charge in [-0.1, -0.05) is 51.9 Å². The fourth-order valence-electron chi connectivity index (χ4n) is 2.40. The zero-order valence-electron chi connectivity index (χ0n) is 13.5. The second-order valence-corrected chi connectivity index (χ2v) is 7.93. The molecule has 0 amide bonds. The number of hydrogen-bond acceptors (Lipinski definition) is 2. The standard InChI is InChI=1S/C17H25F3O2S/c1-2-3-4-5-6-7-8-9-14-23(21,22)16-12-10-15(11-13-16)17(18,19)20/h10-13H,2-9,14H2,1H3. The molecule has 0 aliphatic heterocycles. The Kier molecular flexibility index (Phi) is 8.09. The van der Waals surface area contributed by atoms with E-state index in [0.717, 1.165) is 43.5 Å². The molecule has 2 nitrogen and oxygen atoms in total. The van der Waals surface area contributed by atoms with E-state index >= 15 is 0 Å². The summed E-state index contributed by atoms with van der Waals surface area (Å²) in [6, 6.07) is 3.73. The maximum atomic E-state index is 12.5. The molecule has 1 aromatic carbocycles. The minimum Gasteiger partial charge on any atom is -0.224 e. The molecule has 132 valence electrons. The Balaban J connectivity index is 2.38. The van der Waals surface area contributed by atoms with Crippen molar-refractivity contribution in [3.63, 3.8) is 0 Å². The molecular formula is C17H25F3O2S. The summed E-state index contributed by atoms with van der Waals surface area (Å²) in [6.07, 6.45) is 3.91. The van der Waals surface area contributed by atoms with Crippen LogP contribution in [0.4, 0.5) is 13.2 Å². The maximum absolute atomic E-state index is 12.5. The van der Waals surface area contributed by atoms with Crippen molar-refractivity contribution in [1.82, 2.24) is 0 Å². The van der Waals surface area contributed by atoms with Crippen LogP contribution in [0.1, 0.15) is 63.9 Å². The monoisotopic (exact) mass is 350 g/mol. The molecule has 0 aliphatic carbocycles. The van der Waals surface area contributed by atoms with E-state index in [0.29, 0.717) is 6.42 Å². The number of halogens is 3. The summed E-state index contributed by atoms with van der Waals surface area (Å²) >= 11 is 0. The molecule has 0 atom stereocenters. The molecule has 0 bridgehead atoms. The van der Waals surface area contributed by atoms with Gasteiger partial charge in [0.1, 0.15) is 0 Å². The second kappa shape index (κ2) is 9.30. The van der Waals surface area contributed by atoms with Gasteiger partial charge in [-0.2, -0.15) is 13.2 Å². The number of sulfone groups is 1. The minimum atomic E-state index is -4.44. The summed E-state index contributed by atoms with van der Waals surface area (Å²) in [5.74, 6) is -0.00662. The predicted molar refractivity (Wildman–Crippen MR) is 86.1 cm³/mol. The molecule has 0 unspecified atom stereocenters. The molecule has 0 aromatic heterocycles. The van der Waals surface area contributed by atoms with Crippen LogP contribution in [0.15, 0.2) is 29.2 Å². The van der Waals surface area contributed by atoms with E-state index in [1.807, 2.05) is 0 Å². The smallest absolute Gasteiger partial charge is 0.224 e. The van der Waals surface area contributed by atoms with Crippen LogP contribution in [0.25, 0.3) is 0 Å². The van der Waals surface area contributed by atoms with Crippen LogP contribution in [0, 0.1) is 0 Å². The predicted octanol–water partition coefficient (Wildman–Crippen LogP) is 5.62. The number of hydrogen-bond donors (Lipinski definition) is 0. The Morgan fingerprint density at radius 3 is 1.78 bits per heavy atom. The molecule has 1 aromatic rings. The second-order valence-electron chi connectivity index (χ2n) is 5.82. The van der Waals surface area contributed by atoms with Crippen molar-refractivity contribution >= 4 is 9.84 Å². The third-order valence-electron chi connectivity index (χ3n) is 3.81. The number of unbranched alkanes of at least 4 members (excludes halogenated alkanes) is 7. The Labute approximate surface area is 137 Å². The van der Waals surface area contributed by atoms with Crippen LogP contribution in [-0.2, 0) is 16.0 Å². The fourth-order valence-corrected chi connectivity index (χ4v) is 3.77. The van der Waals surface area contributed by atoms with Gasteiger partial charge in [-0.25, -0.2) is 8.42 Å². The largest absolute Gasteiger partial charge is 0.416 e. The van der Waals surface area contributed by atoms with E-state index < -0.39 is 21.6 Å². The zero-order chi connectivity index (χ0) is 17.3. The van der Waals surface area contributed by atoms with E-state index in [1.165, 1.54) is 25.7 Å². The third kappa shape index (κ3) is 7.38. The summed E-state index contributed by atoms with van der Waals surface area (Å²) in [4.78, 5) is -0.0338. The number of benzene rings is 1. The molecule has 0 heterocycles. The van der Waals surface area contributed by atoms with Gasteiger partial charge >= 0.3 is 6.18 Å². The summed E-state index contributed by atoms with van der Waals surface area (Å²) in [7, 11) is -3.49. The first-order chi connectivity index (χ1) is 10.8. The minimum absolute atomic E-state index is 0.00662. The highest BCUT2D eigenvalue weighted by molar-refractivity contribution is 7.91. The quantitative estimate of drug-likeness (QED) is 0.513. The Morgan fingerprint density at radius 1 is 0.826 bits per heavy atom. The number of rotatable bonds is 10. The normalized spacial score (nSPS) is 12.5. The topological polar surface area (TPSA) is 34.1 Å². The number of alkyl halides is 3. The first kappa shape index (κ1) is 20.0. The maximum Gasteiger partial charge on any atom is 0.416 e. The summed E-state index contributed by atoms with van der Waals surface area (Å²) in [5, 5.41) is 0. The lowest BCUT2D eigenvalue weighted by molar-refractivity contribution is -0.137. The van der Waals surface area contributed by atoms with Crippen molar-refractivity contribution in [2.45, 2.75) is 69.4 Å². The van der Waals surface area contributed by atoms with Crippen molar-refractivity contribution in [3.05, 3.63) is 29.8 Å². The van der Waals surface area contributed by atoms with Crippen LogP contribution < -0.4 is 0 Å². The van der Waals surface area contributed by atoms with Gasteiger partial charge in [-0.15, -0.1) is 0 Å². The highest BCUT2D eigenvalue weighted by atomic mass is 32.2. The first-order valence-corrected chi connectivity index (χ1v) is 9.82. The van der Waals surface area contributed by atoms with Crippen molar-refractivity contribution in [3.8, 4) is 0 Å². The van der Waals surface area contributed by atoms with Gasteiger partial charge in [0.05, 0.1) is 16.2 Å². The molecule has 23 heavy (non-hydrogen) atoms. The van der Waals surface area contributed by atoms with Gasteiger partial charge in [-0.05, 0) is 30.7 Å². The highest BCUT2D eigenvalue weighted by Crippen LogP contribution is 2.30. The fraction of sp³-hybridized carbons (Fsp3) is 0.647. The molecule has 0 radical (unpaired) electrons. The van der Waals surface area contributed by atoms with Gasteiger partial charge in [0, 0.05) is 0 Å². The van der Waals surface area contributed by atoms with Crippen molar-refractivity contribution in [2.24, 2.45) is 0 Å². The van der Waals surface area contributed by atoms with Crippen LogP contribution in [-0.4, -0.2) is 14.2 Å². The molecule has 0 spiro atoms. The van der Waals surface area contributed by atoms with Gasteiger partial charge in [0.15, 0.2) is 9.84 Å². The summed E-state index contributed by atoms with van der Waals surface area (Å²) < 4.78 is 61.6. The third-order valence-corrected chi connectivity index (χ3v) is 5.62. The summed E-state index contributed by atoms with van der Waals surface area (Å²) in [6.45, 7) is 2.16. The lowest BCUT2D eigenvalue weighted by Crippen LogP contribution is -2.09. The molecule has 6 heteroatoms. The van der Waals surface area contributed by atoms with Gasteiger partial charge in [0.25, 0.3) is 0 Å². The first-order valence-electron chi connectivity index (χ1n) is 8.17. The van der Waals surface area contributed by atoms with E-state index in [9.17, 15) is 21.6 Å². The van der Waals surface area contributed by atoms with E-state index in [2.05, 4.69) is 6.92 Å². The summed E-state index contributed by atoms with van der Waals surface area (Å²) in [5.41, 5.74) is -0.830. The molecule has 0 N–H and O–H groups in total. The molecule has 0 aliphatic rings. The molecule has 0 saturated carbocycles. The Bertz CT molecular complexity index is 548. The Hall–Kier alpha value is -1.04. The van der Waals surface area contributed by atoms with E-state index in [-0.39, 0.29) is 10.6 Å². The van der Waals surface area contributed by atoms with Crippen molar-refractivity contribution in [1.29, 1.82) is 0 Å². The average Bonchev–Trinajstić information content (AvgIpc) is 2.49. The van der Waals surface area contributed by atoms with Crippen LogP contribution in [0.5, 0.6) is 0 Å². The Morgan fingerprint density at radius 2 is 1.30 bits per heavy atom. The lowest BCUT2D eigenvalue weighted by atomic mass is 10.1. The van der Waals surface area contributed by atoms with Crippen molar-refractivity contribution < 1.29 is 21.6 Å². The lowest BCUT2D eigenvalue weighted by Gasteiger charge is -2.08. The molecule has 0 fully saturated rings. The van der Waals surface area contributed by atoms with Gasteiger partial charge < -0.3 is 0 Å². The zero-order valence-corrected chi connectivity index (χ0v) is 14.3. The van der Waals surface area contributed by atoms with E-state index in [4.69, 9.17) is 0 Å². The van der Waals surface area contributed by atoms with Crippen LogP contribution >= 0.6 is 0 Å². The average molecular weight is 350 g/mol.